The molecule has 1 aromatic carbocycles. The molecule has 30 heavy (non-hydrogen) atoms. The van der Waals surface area contributed by atoms with Gasteiger partial charge in [0.2, 0.25) is 11.8 Å². The third kappa shape index (κ3) is 4.66. The van der Waals surface area contributed by atoms with E-state index >= 15 is 0 Å². The van der Waals surface area contributed by atoms with Crippen molar-refractivity contribution in [3.05, 3.63) is 35.2 Å². The molecule has 0 unspecified atom stereocenters. The molecule has 7 heteroatoms. The highest BCUT2D eigenvalue weighted by Gasteiger charge is 2.37. The lowest BCUT2D eigenvalue weighted by Crippen LogP contribution is -2.42. The van der Waals surface area contributed by atoms with Crippen LogP contribution in [-0.4, -0.2) is 30.1 Å². The molecule has 162 valence electrons. The van der Waals surface area contributed by atoms with Gasteiger partial charge in [-0.25, -0.2) is 0 Å². The standard InChI is InChI=1S/C23H31N3O4/c1-14(2)9-10-26-19-8-7-17(11-20(19)29-13-23(5,6)22(26)28)24-21(27)12-18-15(3)25-30-16(18)4/h7-8,11,14H,9-10,12-13H2,1-6H3,(H,24,27). The molecule has 0 fully saturated rings. The lowest BCUT2D eigenvalue weighted by atomic mass is 9.92. The number of aryl methyl sites for hydroxylation is 2. The number of nitrogens with zero attached hydrogens (tertiary/aromatic N) is 2. The van der Waals surface area contributed by atoms with Crippen molar-refractivity contribution in [2.75, 3.05) is 23.4 Å². The second-order valence-corrected chi connectivity index (χ2v) is 9.02. The summed E-state index contributed by atoms with van der Waals surface area (Å²) in [6, 6.07) is 5.44. The number of fused-ring (bicyclic) bond motifs is 1. The molecule has 0 spiro atoms. The molecule has 7 nitrogen and oxygen atoms in total. The fourth-order valence-corrected chi connectivity index (χ4v) is 3.45. The largest absolute Gasteiger partial charge is 0.490 e. The minimum atomic E-state index is -0.622. The molecule has 0 saturated carbocycles. The zero-order chi connectivity index (χ0) is 22.1. The van der Waals surface area contributed by atoms with Gasteiger partial charge in [0.05, 0.1) is 23.2 Å². The number of aromatic nitrogens is 1. The summed E-state index contributed by atoms with van der Waals surface area (Å²) in [6.45, 7) is 12.6. The van der Waals surface area contributed by atoms with Crippen LogP contribution in [0.3, 0.4) is 0 Å². The van der Waals surface area contributed by atoms with Crippen LogP contribution in [0, 0.1) is 25.2 Å². The predicted molar refractivity (Wildman–Crippen MR) is 116 cm³/mol. The topological polar surface area (TPSA) is 84.7 Å². The molecule has 0 atom stereocenters. The Labute approximate surface area is 177 Å². The van der Waals surface area contributed by atoms with Crippen molar-refractivity contribution < 1.29 is 18.8 Å². The van der Waals surface area contributed by atoms with Gasteiger partial charge < -0.3 is 19.5 Å². The molecule has 0 bridgehead atoms. The van der Waals surface area contributed by atoms with Gasteiger partial charge in [0.25, 0.3) is 0 Å². The average Bonchev–Trinajstić information content (AvgIpc) is 2.94. The third-order valence-electron chi connectivity index (χ3n) is 5.40. The van der Waals surface area contributed by atoms with Crippen molar-refractivity contribution in [1.29, 1.82) is 0 Å². The molecule has 0 aliphatic carbocycles. The zero-order valence-corrected chi connectivity index (χ0v) is 18.7. The SMILES string of the molecule is Cc1noc(C)c1CC(=O)Nc1ccc2c(c1)OCC(C)(C)C(=O)N2CCC(C)C. The highest BCUT2D eigenvalue weighted by molar-refractivity contribution is 6.00. The Hall–Kier alpha value is -2.83. The summed E-state index contributed by atoms with van der Waals surface area (Å²) in [5.74, 6) is 1.63. The highest BCUT2D eigenvalue weighted by atomic mass is 16.5. The van der Waals surface area contributed by atoms with Crippen LogP contribution >= 0.6 is 0 Å². The summed E-state index contributed by atoms with van der Waals surface area (Å²) >= 11 is 0. The van der Waals surface area contributed by atoms with Gasteiger partial charge in [0.1, 0.15) is 18.1 Å². The summed E-state index contributed by atoms with van der Waals surface area (Å²) in [6.07, 6.45) is 1.09. The lowest BCUT2D eigenvalue weighted by molar-refractivity contribution is -0.127. The number of nitrogens with one attached hydrogen (secondary N) is 1. The van der Waals surface area contributed by atoms with Gasteiger partial charge in [-0.2, -0.15) is 0 Å². The third-order valence-corrected chi connectivity index (χ3v) is 5.40. The molecular formula is C23H31N3O4. The van der Waals surface area contributed by atoms with Crippen LogP contribution in [-0.2, 0) is 16.0 Å². The molecular weight excluding hydrogens is 382 g/mol. The lowest BCUT2D eigenvalue weighted by Gasteiger charge is -2.28. The van der Waals surface area contributed by atoms with Gasteiger partial charge in [0, 0.05) is 23.9 Å². The summed E-state index contributed by atoms with van der Waals surface area (Å²) in [7, 11) is 0. The van der Waals surface area contributed by atoms with E-state index < -0.39 is 5.41 Å². The minimum absolute atomic E-state index is 0.0529. The Morgan fingerprint density at radius 2 is 2.03 bits per heavy atom. The smallest absolute Gasteiger partial charge is 0.236 e. The molecule has 2 aromatic rings. The monoisotopic (exact) mass is 413 g/mol. The van der Waals surface area contributed by atoms with Gasteiger partial charge in [-0.15, -0.1) is 0 Å². The van der Waals surface area contributed by atoms with Crippen LogP contribution < -0.4 is 15.0 Å². The van der Waals surface area contributed by atoms with Crippen molar-refractivity contribution in [2.45, 2.75) is 54.4 Å². The summed E-state index contributed by atoms with van der Waals surface area (Å²) in [4.78, 5) is 27.5. The first-order valence-electron chi connectivity index (χ1n) is 10.4. The molecule has 1 aliphatic heterocycles. The number of ether oxygens (including phenoxy) is 1. The van der Waals surface area contributed by atoms with E-state index in [0.717, 1.165) is 23.4 Å². The van der Waals surface area contributed by atoms with Crippen LogP contribution in [0.2, 0.25) is 0 Å². The number of rotatable bonds is 6. The van der Waals surface area contributed by atoms with Crippen LogP contribution in [0.1, 0.15) is 51.1 Å². The first kappa shape index (κ1) is 21.9. The number of hydrogen-bond donors (Lipinski definition) is 1. The van der Waals surface area contributed by atoms with Gasteiger partial charge in [0.15, 0.2) is 0 Å². The number of anilines is 2. The first-order chi connectivity index (χ1) is 14.1. The van der Waals surface area contributed by atoms with E-state index in [1.54, 1.807) is 19.1 Å². The molecule has 0 radical (unpaired) electrons. The summed E-state index contributed by atoms with van der Waals surface area (Å²) in [5, 5.41) is 6.80. The fourth-order valence-electron chi connectivity index (χ4n) is 3.45. The predicted octanol–water partition coefficient (Wildman–Crippen LogP) is 4.27. The Morgan fingerprint density at radius 3 is 2.67 bits per heavy atom. The van der Waals surface area contributed by atoms with Gasteiger partial charge in [-0.05, 0) is 52.2 Å². The Morgan fingerprint density at radius 1 is 1.30 bits per heavy atom. The molecule has 0 saturated heterocycles. The van der Waals surface area contributed by atoms with Crippen LogP contribution in [0.4, 0.5) is 11.4 Å². The number of benzene rings is 1. The second kappa shape index (κ2) is 8.50. The maximum atomic E-state index is 13.1. The van der Waals surface area contributed by atoms with Crippen molar-refractivity contribution in [1.82, 2.24) is 5.16 Å². The number of carbonyl (C=O) groups excluding carboxylic acids is 2. The van der Waals surface area contributed by atoms with Crippen molar-refractivity contribution in [2.24, 2.45) is 11.3 Å². The average molecular weight is 414 g/mol. The van der Waals surface area contributed by atoms with Crippen LogP contribution in [0.25, 0.3) is 0 Å². The summed E-state index contributed by atoms with van der Waals surface area (Å²) < 4.78 is 11.1. The zero-order valence-electron chi connectivity index (χ0n) is 18.7. The van der Waals surface area contributed by atoms with Crippen molar-refractivity contribution >= 4 is 23.2 Å². The number of hydrogen-bond acceptors (Lipinski definition) is 5. The van der Waals surface area contributed by atoms with Gasteiger partial charge in [-0.3, -0.25) is 9.59 Å². The van der Waals surface area contributed by atoms with E-state index in [1.165, 1.54) is 0 Å². The number of carbonyl (C=O) groups is 2. The van der Waals surface area contributed by atoms with Crippen molar-refractivity contribution in [3.8, 4) is 5.75 Å². The highest BCUT2D eigenvalue weighted by Crippen LogP contribution is 2.38. The Bertz CT molecular complexity index is 926. The van der Waals surface area contributed by atoms with E-state index in [-0.39, 0.29) is 24.8 Å². The van der Waals surface area contributed by atoms with E-state index in [4.69, 9.17) is 9.26 Å². The van der Waals surface area contributed by atoms with Crippen LogP contribution in [0.5, 0.6) is 5.75 Å². The molecule has 1 aromatic heterocycles. The molecule has 1 N–H and O–H groups in total. The summed E-state index contributed by atoms with van der Waals surface area (Å²) in [5.41, 5.74) is 2.26. The van der Waals surface area contributed by atoms with E-state index in [9.17, 15) is 9.59 Å². The molecule has 2 heterocycles. The van der Waals surface area contributed by atoms with E-state index in [0.29, 0.717) is 29.7 Å². The molecule has 2 amide bonds. The van der Waals surface area contributed by atoms with E-state index in [2.05, 4.69) is 24.3 Å². The normalized spacial score (nSPS) is 15.6. The molecule has 3 rings (SSSR count). The second-order valence-electron chi connectivity index (χ2n) is 9.02. The number of amides is 2. The Kier molecular flexibility index (Phi) is 6.19. The van der Waals surface area contributed by atoms with Crippen LogP contribution in [0.15, 0.2) is 22.7 Å². The fraction of sp³-hybridized carbons (Fsp3) is 0.522. The maximum absolute atomic E-state index is 13.1. The van der Waals surface area contributed by atoms with Gasteiger partial charge in [-0.1, -0.05) is 19.0 Å². The maximum Gasteiger partial charge on any atom is 0.236 e. The van der Waals surface area contributed by atoms with Gasteiger partial charge >= 0.3 is 0 Å². The quantitative estimate of drug-likeness (QED) is 0.764. The minimum Gasteiger partial charge on any atom is -0.490 e. The molecule has 1 aliphatic rings. The van der Waals surface area contributed by atoms with Crippen molar-refractivity contribution in [3.63, 3.8) is 0 Å². The Balaban J connectivity index is 1.82. The van der Waals surface area contributed by atoms with E-state index in [1.807, 2.05) is 31.7 Å². The first-order valence-corrected chi connectivity index (χ1v) is 10.4.